The smallest absolute Gasteiger partial charge is 0.229 e. The highest BCUT2D eigenvalue weighted by Gasteiger charge is 2.05. The van der Waals surface area contributed by atoms with E-state index in [0.717, 1.165) is 4.88 Å². The number of anilines is 1. The van der Waals surface area contributed by atoms with Gasteiger partial charge in [-0.25, -0.2) is 4.98 Å². The van der Waals surface area contributed by atoms with Crippen LogP contribution in [-0.4, -0.2) is 10.9 Å². The van der Waals surface area contributed by atoms with Gasteiger partial charge in [0.05, 0.1) is 6.42 Å². The maximum atomic E-state index is 11.6. The lowest BCUT2D eigenvalue weighted by molar-refractivity contribution is -0.115. The van der Waals surface area contributed by atoms with Gasteiger partial charge in [-0.2, -0.15) is 0 Å². The molecular weight excluding hydrogens is 244 g/mol. The average molecular weight is 253 g/mol. The predicted octanol–water partition coefficient (Wildman–Crippen LogP) is 2.98. The highest BCUT2D eigenvalue weighted by atomic mass is 35.5. The highest BCUT2D eigenvalue weighted by Crippen LogP contribution is 2.14. The van der Waals surface area contributed by atoms with Crippen molar-refractivity contribution in [2.75, 3.05) is 5.32 Å². The normalized spacial score (nSPS) is 10.1. The summed E-state index contributed by atoms with van der Waals surface area (Å²) < 4.78 is 0. The van der Waals surface area contributed by atoms with Crippen molar-refractivity contribution in [3.05, 3.63) is 45.9 Å². The number of carbonyl (C=O) groups excluding carboxylic acids is 1. The van der Waals surface area contributed by atoms with E-state index in [1.807, 2.05) is 17.5 Å². The van der Waals surface area contributed by atoms with E-state index < -0.39 is 0 Å². The van der Waals surface area contributed by atoms with Gasteiger partial charge in [0.1, 0.15) is 5.15 Å². The molecule has 5 heteroatoms. The standard InChI is InChI=1S/C11H9ClN2OS/c12-10-6-8(3-4-13-10)14-11(15)7-9-2-1-5-16-9/h1-6H,7H2,(H,13,14,15). The summed E-state index contributed by atoms with van der Waals surface area (Å²) in [6.45, 7) is 0. The second-order valence-corrected chi connectivity index (χ2v) is 4.59. The van der Waals surface area contributed by atoms with E-state index in [-0.39, 0.29) is 5.91 Å². The van der Waals surface area contributed by atoms with Crippen LogP contribution in [0.1, 0.15) is 4.88 Å². The Morgan fingerprint density at radius 1 is 1.50 bits per heavy atom. The molecule has 0 atom stereocenters. The van der Waals surface area contributed by atoms with Crippen LogP contribution >= 0.6 is 22.9 Å². The van der Waals surface area contributed by atoms with Crippen LogP contribution in [0.4, 0.5) is 5.69 Å². The summed E-state index contributed by atoms with van der Waals surface area (Å²) in [4.78, 5) is 16.5. The molecule has 0 radical (unpaired) electrons. The first-order chi connectivity index (χ1) is 7.74. The zero-order valence-electron chi connectivity index (χ0n) is 8.31. The van der Waals surface area contributed by atoms with Crippen molar-refractivity contribution < 1.29 is 4.79 Å². The minimum Gasteiger partial charge on any atom is -0.326 e. The predicted molar refractivity (Wildman–Crippen MR) is 65.9 cm³/mol. The molecular formula is C11H9ClN2OS. The van der Waals surface area contributed by atoms with Crippen molar-refractivity contribution in [3.63, 3.8) is 0 Å². The first-order valence-electron chi connectivity index (χ1n) is 4.68. The largest absolute Gasteiger partial charge is 0.326 e. The van der Waals surface area contributed by atoms with Gasteiger partial charge >= 0.3 is 0 Å². The average Bonchev–Trinajstić information content (AvgIpc) is 2.70. The number of hydrogen-bond donors (Lipinski definition) is 1. The van der Waals surface area contributed by atoms with Gasteiger partial charge in [-0.3, -0.25) is 4.79 Å². The Balaban J connectivity index is 1.97. The molecule has 0 aliphatic rings. The van der Waals surface area contributed by atoms with Crippen LogP contribution in [0.15, 0.2) is 35.8 Å². The minimum atomic E-state index is -0.0512. The number of rotatable bonds is 3. The Kier molecular flexibility index (Phi) is 3.54. The van der Waals surface area contributed by atoms with Crippen LogP contribution in [0.25, 0.3) is 0 Å². The molecule has 0 aromatic carbocycles. The van der Waals surface area contributed by atoms with Gasteiger partial charge in [0, 0.05) is 16.8 Å². The number of halogens is 1. The Labute approximate surface area is 102 Å². The highest BCUT2D eigenvalue weighted by molar-refractivity contribution is 7.10. The molecule has 2 aromatic rings. The number of nitrogens with one attached hydrogen (secondary N) is 1. The molecule has 0 bridgehead atoms. The fourth-order valence-corrected chi connectivity index (χ4v) is 2.13. The molecule has 2 aromatic heterocycles. The lowest BCUT2D eigenvalue weighted by atomic mass is 10.3. The van der Waals surface area contributed by atoms with Crippen LogP contribution in [0.5, 0.6) is 0 Å². The fourth-order valence-electron chi connectivity index (χ4n) is 1.26. The van der Waals surface area contributed by atoms with Crippen molar-refractivity contribution in [2.24, 2.45) is 0 Å². The van der Waals surface area contributed by atoms with Gasteiger partial charge in [-0.05, 0) is 23.6 Å². The molecule has 3 nitrogen and oxygen atoms in total. The molecule has 82 valence electrons. The maximum Gasteiger partial charge on any atom is 0.229 e. The molecule has 2 heterocycles. The summed E-state index contributed by atoms with van der Waals surface area (Å²) in [5, 5.41) is 5.08. The first kappa shape index (κ1) is 11.1. The monoisotopic (exact) mass is 252 g/mol. The third-order valence-electron chi connectivity index (χ3n) is 1.93. The number of nitrogens with zero attached hydrogens (tertiary/aromatic N) is 1. The summed E-state index contributed by atoms with van der Waals surface area (Å²) in [5.41, 5.74) is 0.668. The van der Waals surface area contributed by atoms with Gasteiger partial charge in [0.15, 0.2) is 0 Å². The van der Waals surface area contributed by atoms with E-state index in [4.69, 9.17) is 11.6 Å². The fraction of sp³-hybridized carbons (Fsp3) is 0.0909. The second-order valence-electron chi connectivity index (χ2n) is 3.17. The van der Waals surface area contributed by atoms with Crippen molar-refractivity contribution in [3.8, 4) is 0 Å². The van der Waals surface area contributed by atoms with E-state index in [9.17, 15) is 4.79 Å². The minimum absolute atomic E-state index is 0.0512. The quantitative estimate of drug-likeness (QED) is 0.854. The Morgan fingerprint density at radius 2 is 2.38 bits per heavy atom. The SMILES string of the molecule is O=C(Cc1cccs1)Nc1ccnc(Cl)c1. The Morgan fingerprint density at radius 3 is 3.06 bits per heavy atom. The Hall–Kier alpha value is -1.39. The van der Waals surface area contributed by atoms with Crippen LogP contribution in [-0.2, 0) is 11.2 Å². The van der Waals surface area contributed by atoms with Gasteiger partial charge in [0.25, 0.3) is 0 Å². The lowest BCUT2D eigenvalue weighted by Crippen LogP contribution is -2.13. The van der Waals surface area contributed by atoms with Gasteiger partial charge in [-0.1, -0.05) is 17.7 Å². The van der Waals surface area contributed by atoms with Crippen molar-refractivity contribution in [1.82, 2.24) is 4.98 Å². The number of thiophene rings is 1. The van der Waals surface area contributed by atoms with Crippen molar-refractivity contribution >= 4 is 34.5 Å². The summed E-state index contributed by atoms with van der Waals surface area (Å²) in [7, 11) is 0. The van der Waals surface area contributed by atoms with E-state index in [2.05, 4.69) is 10.3 Å². The molecule has 0 fully saturated rings. The summed E-state index contributed by atoms with van der Waals surface area (Å²) in [5.74, 6) is -0.0512. The molecule has 0 saturated heterocycles. The second kappa shape index (κ2) is 5.09. The maximum absolute atomic E-state index is 11.6. The number of pyridine rings is 1. The van der Waals surface area contributed by atoms with Crippen LogP contribution in [0.2, 0.25) is 5.15 Å². The number of aromatic nitrogens is 1. The van der Waals surface area contributed by atoms with Crippen LogP contribution < -0.4 is 5.32 Å². The molecule has 0 unspecified atom stereocenters. The van der Waals surface area contributed by atoms with E-state index in [0.29, 0.717) is 17.3 Å². The molecule has 0 spiro atoms. The van der Waals surface area contributed by atoms with Crippen LogP contribution in [0.3, 0.4) is 0 Å². The Bertz CT molecular complexity index is 484. The van der Waals surface area contributed by atoms with E-state index in [1.54, 1.807) is 29.7 Å². The molecule has 1 N–H and O–H groups in total. The third kappa shape index (κ3) is 3.05. The van der Waals surface area contributed by atoms with Crippen molar-refractivity contribution in [1.29, 1.82) is 0 Å². The number of amides is 1. The van der Waals surface area contributed by atoms with Crippen LogP contribution in [0, 0.1) is 0 Å². The zero-order valence-corrected chi connectivity index (χ0v) is 9.89. The first-order valence-corrected chi connectivity index (χ1v) is 5.93. The number of carbonyl (C=O) groups is 1. The molecule has 16 heavy (non-hydrogen) atoms. The van der Waals surface area contributed by atoms with E-state index in [1.165, 1.54) is 0 Å². The van der Waals surface area contributed by atoms with Gasteiger partial charge in [-0.15, -0.1) is 11.3 Å². The zero-order chi connectivity index (χ0) is 11.4. The summed E-state index contributed by atoms with van der Waals surface area (Å²) >= 11 is 7.28. The molecule has 0 saturated carbocycles. The van der Waals surface area contributed by atoms with Gasteiger partial charge in [0.2, 0.25) is 5.91 Å². The lowest BCUT2D eigenvalue weighted by Gasteiger charge is -2.03. The number of hydrogen-bond acceptors (Lipinski definition) is 3. The summed E-state index contributed by atoms with van der Waals surface area (Å²) in [6.07, 6.45) is 1.95. The van der Waals surface area contributed by atoms with E-state index >= 15 is 0 Å². The summed E-state index contributed by atoms with van der Waals surface area (Å²) in [6, 6.07) is 7.19. The third-order valence-corrected chi connectivity index (χ3v) is 3.01. The molecule has 2 rings (SSSR count). The topological polar surface area (TPSA) is 42.0 Å². The molecule has 1 amide bonds. The molecule has 0 aliphatic heterocycles. The van der Waals surface area contributed by atoms with Gasteiger partial charge < -0.3 is 5.32 Å². The molecule has 0 aliphatic carbocycles. The van der Waals surface area contributed by atoms with Crippen molar-refractivity contribution in [2.45, 2.75) is 6.42 Å².